The monoisotopic (exact) mass is 406 g/mol. The first-order valence-electron chi connectivity index (χ1n) is 8.63. The SMILES string of the molecule is CCC(NC(=O)c1cc(OC)c(OCC(N)=O)c(OC)c1)c1ccc(Cl)cc1. The molecule has 2 aromatic rings. The lowest BCUT2D eigenvalue weighted by molar-refractivity contribution is -0.120. The Kier molecular flexibility index (Phi) is 7.52. The minimum Gasteiger partial charge on any atom is -0.493 e. The van der Waals surface area contributed by atoms with Crippen LogP contribution in [0.2, 0.25) is 5.02 Å². The topological polar surface area (TPSA) is 99.9 Å². The molecule has 0 aliphatic heterocycles. The van der Waals surface area contributed by atoms with Crippen molar-refractivity contribution in [3.8, 4) is 17.2 Å². The highest BCUT2D eigenvalue weighted by Crippen LogP contribution is 2.38. The minimum absolute atomic E-state index is 0.187. The van der Waals surface area contributed by atoms with Gasteiger partial charge >= 0.3 is 0 Å². The van der Waals surface area contributed by atoms with Crippen molar-refractivity contribution in [2.24, 2.45) is 5.73 Å². The van der Waals surface area contributed by atoms with Gasteiger partial charge in [-0.2, -0.15) is 0 Å². The highest BCUT2D eigenvalue weighted by atomic mass is 35.5. The van der Waals surface area contributed by atoms with Crippen LogP contribution in [0, 0.1) is 0 Å². The summed E-state index contributed by atoms with van der Waals surface area (Å²) in [6.45, 7) is 1.63. The first-order chi connectivity index (χ1) is 13.4. The van der Waals surface area contributed by atoms with Gasteiger partial charge in [0.1, 0.15) is 0 Å². The van der Waals surface area contributed by atoms with Gasteiger partial charge < -0.3 is 25.3 Å². The van der Waals surface area contributed by atoms with Gasteiger partial charge in [-0.15, -0.1) is 0 Å². The molecule has 3 N–H and O–H groups in total. The van der Waals surface area contributed by atoms with Crippen LogP contribution in [0.5, 0.6) is 17.2 Å². The van der Waals surface area contributed by atoms with Gasteiger partial charge in [0.05, 0.1) is 20.3 Å². The molecule has 0 heterocycles. The molecule has 8 heteroatoms. The smallest absolute Gasteiger partial charge is 0.255 e. The molecule has 2 rings (SSSR count). The number of nitrogens with two attached hydrogens (primary N) is 1. The molecule has 0 bridgehead atoms. The molecule has 0 saturated heterocycles. The van der Waals surface area contributed by atoms with Crippen molar-refractivity contribution in [1.29, 1.82) is 0 Å². The predicted molar refractivity (Wildman–Crippen MR) is 106 cm³/mol. The Bertz CT molecular complexity index is 814. The third-order valence-electron chi connectivity index (χ3n) is 4.07. The van der Waals surface area contributed by atoms with Crippen molar-refractivity contribution in [2.45, 2.75) is 19.4 Å². The summed E-state index contributed by atoms with van der Waals surface area (Å²) in [4.78, 5) is 23.8. The summed E-state index contributed by atoms with van der Waals surface area (Å²) in [5, 5.41) is 3.61. The highest BCUT2D eigenvalue weighted by molar-refractivity contribution is 6.30. The summed E-state index contributed by atoms with van der Waals surface area (Å²) in [6.07, 6.45) is 0.696. The van der Waals surface area contributed by atoms with Crippen molar-refractivity contribution < 1.29 is 23.8 Å². The maximum atomic E-state index is 12.8. The molecular formula is C20H23ClN2O5. The molecule has 2 amide bonds. The molecule has 0 spiro atoms. The number of amides is 2. The van der Waals surface area contributed by atoms with E-state index >= 15 is 0 Å². The van der Waals surface area contributed by atoms with E-state index in [1.807, 2.05) is 19.1 Å². The Morgan fingerprint density at radius 3 is 2.14 bits per heavy atom. The van der Waals surface area contributed by atoms with Crippen LogP contribution in [-0.2, 0) is 4.79 Å². The lowest BCUT2D eigenvalue weighted by Crippen LogP contribution is -2.28. The van der Waals surface area contributed by atoms with Gasteiger partial charge in [0.25, 0.3) is 11.8 Å². The van der Waals surface area contributed by atoms with Crippen LogP contribution in [0.3, 0.4) is 0 Å². The number of ether oxygens (including phenoxy) is 3. The Morgan fingerprint density at radius 1 is 1.11 bits per heavy atom. The van der Waals surface area contributed by atoms with Crippen LogP contribution in [0.25, 0.3) is 0 Å². The second-order valence-electron chi connectivity index (χ2n) is 5.95. The fourth-order valence-corrected chi connectivity index (χ4v) is 2.78. The molecule has 150 valence electrons. The second kappa shape index (κ2) is 9.85. The van der Waals surface area contributed by atoms with E-state index < -0.39 is 5.91 Å². The Labute approximate surface area is 168 Å². The zero-order valence-corrected chi connectivity index (χ0v) is 16.7. The van der Waals surface area contributed by atoms with Gasteiger partial charge in [-0.05, 0) is 36.2 Å². The van der Waals surface area contributed by atoms with Crippen molar-refractivity contribution >= 4 is 23.4 Å². The van der Waals surface area contributed by atoms with Crippen LogP contribution >= 0.6 is 11.6 Å². The molecule has 2 aromatic carbocycles. The summed E-state index contributed by atoms with van der Waals surface area (Å²) in [5.74, 6) is -0.236. The number of halogens is 1. The lowest BCUT2D eigenvalue weighted by Gasteiger charge is -2.19. The molecule has 1 atom stereocenters. The van der Waals surface area contributed by atoms with Crippen molar-refractivity contribution in [1.82, 2.24) is 5.32 Å². The number of nitrogens with one attached hydrogen (secondary N) is 1. The summed E-state index contributed by atoms with van der Waals surface area (Å²) >= 11 is 5.93. The normalized spacial score (nSPS) is 11.4. The van der Waals surface area contributed by atoms with E-state index in [-0.39, 0.29) is 35.8 Å². The van der Waals surface area contributed by atoms with Crippen LogP contribution in [0.15, 0.2) is 36.4 Å². The number of carbonyl (C=O) groups excluding carboxylic acids is 2. The van der Waals surface area contributed by atoms with Gasteiger partial charge in [0.2, 0.25) is 5.75 Å². The molecule has 0 aromatic heterocycles. The molecule has 1 unspecified atom stereocenters. The van der Waals surface area contributed by atoms with E-state index in [0.717, 1.165) is 5.56 Å². The molecule has 0 fully saturated rings. The lowest BCUT2D eigenvalue weighted by atomic mass is 10.0. The zero-order valence-electron chi connectivity index (χ0n) is 16.0. The van der Waals surface area contributed by atoms with Gasteiger partial charge in [-0.3, -0.25) is 9.59 Å². The van der Waals surface area contributed by atoms with E-state index in [9.17, 15) is 9.59 Å². The summed E-state index contributed by atoms with van der Waals surface area (Å²) in [5.41, 5.74) is 6.39. The van der Waals surface area contributed by atoms with Gasteiger partial charge in [-0.1, -0.05) is 30.7 Å². The standard InChI is InChI=1S/C20H23ClN2O5/c1-4-15(12-5-7-14(21)8-6-12)23-20(25)13-9-16(26-2)19(17(10-13)27-3)28-11-18(22)24/h5-10,15H,4,11H2,1-3H3,(H2,22,24)(H,23,25). The molecule has 7 nitrogen and oxygen atoms in total. The largest absolute Gasteiger partial charge is 0.493 e. The van der Waals surface area contributed by atoms with Gasteiger partial charge in [-0.25, -0.2) is 0 Å². The summed E-state index contributed by atoms with van der Waals surface area (Å²) < 4.78 is 15.9. The Balaban J connectivity index is 2.28. The predicted octanol–water partition coefficient (Wildman–Crippen LogP) is 3.10. The molecule has 0 aliphatic rings. The number of carbonyl (C=O) groups is 2. The van der Waals surface area contributed by atoms with Crippen LogP contribution in [-0.4, -0.2) is 32.6 Å². The molecule has 28 heavy (non-hydrogen) atoms. The number of methoxy groups -OCH3 is 2. The third kappa shape index (κ3) is 5.29. The first kappa shape index (κ1) is 21.4. The fourth-order valence-electron chi connectivity index (χ4n) is 2.65. The minimum atomic E-state index is -0.639. The van der Waals surface area contributed by atoms with E-state index in [4.69, 9.17) is 31.5 Å². The Hall–Kier alpha value is -2.93. The average molecular weight is 407 g/mol. The van der Waals surface area contributed by atoms with Crippen LogP contribution in [0.4, 0.5) is 0 Å². The molecule has 0 saturated carbocycles. The average Bonchev–Trinajstić information content (AvgIpc) is 2.70. The molecular weight excluding hydrogens is 384 g/mol. The van der Waals surface area contributed by atoms with Gasteiger partial charge in [0, 0.05) is 10.6 Å². The van der Waals surface area contributed by atoms with E-state index in [1.165, 1.54) is 26.4 Å². The fraction of sp³-hybridized carbons (Fsp3) is 0.300. The van der Waals surface area contributed by atoms with Crippen molar-refractivity contribution in [3.63, 3.8) is 0 Å². The van der Waals surface area contributed by atoms with E-state index in [2.05, 4.69) is 5.32 Å². The maximum absolute atomic E-state index is 12.8. The quantitative estimate of drug-likeness (QED) is 0.666. The second-order valence-corrected chi connectivity index (χ2v) is 6.39. The molecule has 0 radical (unpaired) electrons. The molecule has 0 aliphatic carbocycles. The number of hydrogen-bond acceptors (Lipinski definition) is 5. The van der Waals surface area contributed by atoms with E-state index in [0.29, 0.717) is 17.0 Å². The number of benzene rings is 2. The van der Waals surface area contributed by atoms with Crippen molar-refractivity contribution in [3.05, 3.63) is 52.5 Å². The Morgan fingerprint density at radius 2 is 1.68 bits per heavy atom. The highest BCUT2D eigenvalue weighted by Gasteiger charge is 2.20. The number of primary amides is 1. The van der Waals surface area contributed by atoms with Crippen LogP contribution < -0.4 is 25.3 Å². The van der Waals surface area contributed by atoms with Crippen molar-refractivity contribution in [2.75, 3.05) is 20.8 Å². The van der Waals surface area contributed by atoms with Gasteiger partial charge in [0.15, 0.2) is 18.1 Å². The van der Waals surface area contributed by atoms with Crippen LogP contribution in [0.1, 0.15) is 35.3 Å². The summed E-state index contributed by atoms with van der Waals surface area (Å²) in [7, 11) is 2.85. The zero-order chi connectivity index (χ0) is 20.7. The third-order valence-corrected chi connectivity index (χ3v) is 4.32. The number of hydrogen-bond donors (Lipinski definition) is 2. The van der Waals surface area contributed by atoms with E-state index in [1.54, 1.807) is 12.1 Å². The number of rotatable bonds is 9. The maximum Gasteiger partial charge on any atom is 0.255 e. The first-order valence-corrected chi connectivity index (χ1v) is 9.00. The summed E-state index contributed by atoms with van der Waals surface area (Å²) in [6, 6.07) is 10.2.